The molecule has 0 spiro atoms. The summed E-state index contributed by atoms with van der Waals surface area (Å²) in [5.74, 6) is 0.926. The highest BCUT2D eigenvalue weighted by Gasteiger charge is 2.14. The van der Waals surface area contributed by atoms with Gasteiger partial charge < -0.3 is 15.4 Å². The number of carbonyl (C=O) groups is 2. The van der Waals surface area contributed by atoms with Crippen LogP contribution in [0.25, 0.3) is 0 Å². The largest absolute Gasteiger partial charge is 0.497 e. The van der Waals surface area contributed by atoms with Crippen LogP contribution in [0.5, 0.6) is 5.75 Å². The van der Waals surface area contributed by atoms with E-state index < -0.39 is 0 Å². The molecule has 0 bridgehead atoms. The lowest BCUT2D eigenvalue weighted by Gasteiger charge is -2.19. The molecule has 0 aliphatic rings. The van der Waals surface area contributed by atoms with Gasteiger partial charge in [0.25, 0.3) is 0 Å². The van der Waals surface area contributed by atoms with Crippen LogP contribution in [-0.2, 0) is 9.59 Å². The molecule has 0 aromatic heterocycles. The minimum atomic E-state index is -0.164. The molecule has 29 heavy (non-hydrogen) atoms. The van der Waals surface area contributed by atoms with Crippen LogP contribution in [0, 0.1) is 0 Å². The van der Waals surface area contributed by atoms with Crippen molar-refractivity contribution in [3.05, 3.63) is 54.1 Å². The maximum absolute atomic E-state index is 12.4. The van der Waals surface area contributed by atoms with Crippen LogP contribution in [-0.4, -0.2) is 43.5 Å². The molecule has 2 aromatic rings. The summed E-state index contributed by atoms with van der Waals surface area (Å²) < 4.78 is 5.11. The highest BCUT2D eigenvalue weighted by atomic mass is 16.5. The molecule has 0 heterocycles. The fourth-order valence-electron chi connectivity index (χ4n) is 2.89. The zero-order chi connectivity index (χ0) is 21.2. The van der Waals surface area contributed by atoms with E-state index in [2.05, 4.69) is 24.5 Å². The summed E-state index contributed by atoms with van der Waals surface area (Å²) in [6, 6.07) is 15.1. The summed E-state index contributed by atoms with van der Waals surface area (Å²) in [6.45, 7) is 7.15. The lowest BCUT2D eigenvalue weighted by molar-refractivity contribution is -0.119. The van der Waals surface area contributed by atoms with Gasteiger partial charge in [0.05, 0.1) is 20.2 Å². The second-order valence-corrected chi connectivity index (χ2v) is 7.06. The second-order valence-electron chi connectivity index (χ2n) is 7.06. The molecule has 2 N–H and O–H groups in total. The molecule has 2 amide bonds. The van der Waals surface area contributed by atoms with Crippen molar-refractivity contribution in [1.29, 1.82) is 0 Å². The van der Waals surface area contributed by atoms with Crippen LogP contribution in [0.2, 0.25) is 0 Å². The van der Waals surface area contributed by atoms with Gasteiger partial charge in [-0.15, -0.1) is 0 Å². The Balaban J connectivity index is 1.84. The fraction of sp³-hybridized carbons (Fsp3) is 0.391. The molecule has 156 valence electrons. The van der Waals surface area contributed by atoms with Gasteiger partial charge in [0, 0.05) is 11.4 Å². The predicted molar refractivity (Wildman–Crippen MR) is 118 cm³/mol. The maximum atomic E-state index is 12.4. The monoisotopic (exact) mass is 397 g/mol. The number of amides is 2. The molecule has 6 nitrogen and oxygen atoms in total. The van der Waals surface area contributed by atoms with Crippen LogP contribution in [0.15, 0.2) is 48.5 Å². The Kier molecular flexibility index (Phi) is 8.68. The van der Waals surface area contributed by atoms with Crippen LogP contribution in [0.3, 0.4) is 0 Å². The number of rotatable bonds is 10. The first kappa shape index (κ1) is 22.4. The van der Waals surface area contributed by atoms with Crippen LogP contribution < -0.4 is 15.4 Å². The average Bonchev–Trinajstić information content (AvgIpc) is 2.73. The van der Waals surface area contributed by atoms with E-state index in [0.29, 0.717) is 18.2 Å². The second kappa shape index (κ2) is 11.2. The minimum absolute atomic E-state index is 0.139. The first-order valence-corrected chi connectivity index (χ1v) is 10.0. The molecule has 0 radical (unpaired) electrons. The summed E-state index contributed by atoms with van der Waals surface area (Å²) in [7, 11) is 1.60. The van der Waals surface area contributed by atoms with Gasteiger partial charge >= 0.3 is 0 Å². The van der Waals surface area contributed by atoms with Crippen molar-refractivity contribution in [1.82, 2.24) is 4.90 Å². The van der Waals surface area contributed by atoms with Gasteiger partial charge in [-0.05, 0) is 60.8 Å². The zero-order valence-electron chi connectivity index (χ0n) is 17.7. The third-order valence-corrected chi connectivity index (χ3v) is 4.93. The highest BCUT2D eigenvalue weighted by Crippen LogP contribution is 2.20. The molecule has 0 fully saturated rings. The Hall–Kier alpha value is -2.86. The Labute approximate surface area is 173 Å². The first-order valence-electron chi connectivity index (χ1n) is 10.0. The fourth-order valence-corrected chi connectivity index (χ4v) is 2.89. The molecular formula is C23H31N3O3. The summed E-state index contributed by atoms with van der Waals surface area (Å²) in [4.78, 5) is 26.5. The number of benzene rings is 2. The van der Waals surface area contributed by atoms with E-state index in [4.69, 9.17) is 4.74 Å². The quantitative estimate of drug-likeness (QED) is 0.633. The van der Waals surface area contributed by atoms with Gasteiger partial charge in [0.1, 0.15) is 5.75 Å². The van der Waals surface area contributed by atoms with Crippen molar-refractivity contribution < 1.29 is 14.3 Å². The number of ether oxygens (including phenoxy) is 1. The lowest BCUT2D eigenvalue weighted by atomic mass is 9.99. The minimum Gasteiger partial charge on any atom is -0.497 e. The maximum Gasteiger partial charge on any atom is 0.238 e. The normalized spacial score (nSPS) is 11.8. The first-order chi connectivity index (χ1) is 13.9. The van der Waals surface area contributed by atoms with E-state index >= 15 is 0 Å². The zero-order valence-corrected chi connectivity index (χ0v) is 17.7. The Morgan fingerprint density at radius 2 is 1.38 bits per heavy atom. The third kappa shape index (κ3) is 7.23. The number of hydrogen-bond donors (Lipinski definition) is 2. The van der Waals surface area contributed by atoms with E-state index in [0.717, 1.165) is 17.9 Å². The van der Waals surface area contributed by atoms with Crippen molar-refractivity contribution in [3.63, 3.8) is 0 Å². The molecule has 0 unspecified atom stereocenters. The molecule has 6 heteroatoms. The number of methoxy groups -OCH3 is 1. The molecule has 1 atom stereocenters. The summed E-state index contributed by atoms with van der Waals surface area (Å²) in [5.41, 5.74) is 2.72. The van der Waals surface area contributed by atoms with E-state index in [9.17, 15) is 9.59 Å². The van der Waals surface area contributed by atoms with E-state index in [-0.39, 0.29) is 24.9 Å². The summed E-state index contributed by atoms with van der Waals surface area (Å²) in [6.07, 6.45) is 1.08. The van der Waals surface area contributed by atoms with E-state index in [1.165, 1.54) is 5.56 Å². The average molecular weight is 398 g/mol. The smallest absolute Gasteiger partial charge is 0.238 e. The number of carbonyl (C=O) groups excluding carboxylic acids is 2. The Morgan fingerprint density at radius 1 is 0.897 bits per heavy atom. The topological polar surface area (TPSA) is 70.7 Å². The van der Waals surface area contributed by atoms with Gasteiger partial charge in [-0.3, -0.25) is 14.5 Å². The van der Waals surface area contributed by atoms with Crippen molar-refractivity contribution in [2.75, 3.05) is 37.4 Å². The van der Waals surface area contributed by atoms with E-state index in [1.807, 2.05) is 31.2 Å². The standard InChI is InChI=1S/C23H31N3O3/c1-5-17(3)18-7-9-19(10-8-18)24-22(27)15-26(6-2)16-23(28)25-20-11-13-21(29-4)14-12-20/h7-14,17H,5-6,15-16H2,1-4H3,(H,24,27)(H,25,28)/t17-/m1/s1. The van der Waals surface area contributed by atoms with Crippen molar-refractivity contribution in [2.24, 2.45) is 0 Å². The highest BCUT2D eigenvalue weighted by molar-refractivity contribution is 5.94. The van der Waals surface area contributed by atoms with Gasteiger partial charge in [-0.25, -0.2) is 0 Å². The van der Waals surface area contributed by atoms with Crippen LogP contribution >= 0.6 is 0 Å². The molecule has 0 saturated carbocycles. The SMILES string of the molecule is CC[C@@H](C)c1ccc(NC(=O)CN(CC)CC(=O)Nc2ccc(OC)cc2)cc1. The van der Waals surface area contributed by atoms with Crippen molar-refractivity contribution in [2.45, 2.75) is 33.1 Å². The number of nitrogens with one attached hydrogen (secondary N) is 2. The predicted octanol–water partition coefficient (Wildman–Crippen LogP) is 4.11. The Morgan fingerprint density at radius 3 is 1.79 bits per heavy atom. The van der Waals surface area contributed by atoms with Gasteiger partial charge in [0.2, 0.25) is 11.8 Å². The van der Waals surface area contributed by atoms with Crippen LogP contribution in [0.4, 0.5) is 11.4 Å². The summed E-state index contributed by atoms with van der Waals surface area (Å²) >= 11 is 0. The molecule has 0 aliphatic heterocycles. The molecule has 2 aromatic carbocycles. The van der Waals surface area contributed by atoms with Gasteiger partial charge in [-0.2, -0.15) is 0 Å². The number of hydrogen-bond acceptors (Lipinski definition) is 4. The van der Waals surface area contributed by atoms with Gasteiger partial charge in [0.15, 0.2) is 0 Å². The number of nitrogens with zero attached hydrogens (tertiary/aromatic N) is 1. The lowest BCUT2D eigenvalue weighted by Crippen LogP contribution is -2.38. The van der Waals surface area contributed by atoms with Crippen LogP contribution in [0.1, 0.15) is 38.7 Å². The van der Waals surface area contributed by atoms with Gasteiger partial charge in [-0.1, -0.05) is 32.9 Å². The van der Waals surface area contributed by atoms with E-state index in [1.54, 1.807) is 36.3 Å². The van der Waals surface area contributed by atoms with Crippen molar-refractivity contribution in [3.8, 4) is 5.75 Å². The molecule has 2 rings (SSSR count). The number of likely N-dealkylation sites (N-methyl/N-ethyl adjacent to an activating group) is 1. The van der Waals surface area contributed by atoms with Crippen molar-refractivity contribution >= 4 is 23.2 Å². The third-order valence-electron chi connectivity index (χ3n) is 4.93. The Bertz CT molecular complexity index is 788. The molecule has 0 aliphatic carbocycles. The molecular weight excluding hydrogens is 366 g/mol. The number of anilines is 2. The molecule has 0 saturated heterocycles. The summed E-state index contributed by atoms with van der Waals surface area (Å²) in [5, 5.41) is 5.74.